The number of carbonyl (C=O) groups excluding carboxylic acids is 1. The topological polar surface area (TPSA) is 66.3 Å². The lowest BCUT2D eigenvalue weighted by Crippen LogP contribution is -2.48. The second-order valence-electron chi connectivity index (χ2n) is 7.71. The van der Waals surface area contributed by atoms with E-state index >= 15 is 0 Å². The monoisotopic (exact) mass is 428 g/mol. The molecule has 0 unspecified atom stereocenters. The predicted molar refractivity (Wildman–Crippen MR) is 110 cm³/mol. The number of urea groups is 1. The Morgan fingerprint density at radius 3 is 2.81 bits per heavy atom. The van der Waals surface area contributed by atoms with E-state index in [0.29, 0.717) is 29.3 Å². The molecule has 1 atom stereocenters. The van der Waals surface area contributed by atoms with Crippen LogP contribution in [0, 0.1) is 0 Å². The lowest BCUT2D eigenvalue weighted by atomic mass is 10.1. The number of aromatic nitrogens is 3. The third-order valence-corrected chi connectivity index (χ3v) is 5.61. The predicted octanol–water partition coefficient (Wildman–Crippen LogP) is 4.13. The average molecular weight is 428 g/mol. The van der Waals surface area contributed by atoms with Crippen molar-refractivity contribution in [3.63, 3.8) is 0 Å². The maximum atomic E-state index is 13.1. The number of rotatable bonds is 2. The summed E-state index contributed by atoms with van der Waals surface area (Å²) >= 11 is 0. The Balaban J connectivity index is 1.53. The van der Waals surface area contributed by atoms with E-state index in [0.717, 1.165) is 30.8 Å². The molecule has 0 radical (unpaired) electrons. The van der Waals surface area contributed by atoms with E-state index in [1.54, 1.807) is 41.2 Å². The summed E-state index contributed by atoms with van der Waals surface area (Å²) in [5.41, 5.74) is 1.35. The molecule has 3 aromatic rings. The quantitative estimate of drug-likeness (QED) is 0.667. The van der Waals surface area contributed by atoms with Crippen LogP contribution in [0.3, 0.4) is 0 Å². The summed E-state index contributed by atoms with van der Waals surface area (Å²) in [6, 6.07) is 8.17. The second kappa shape index (κ2) is 7.00. The minimum absolute atomic E-state index is 0.0616. The van der Waals surface area contributed by atoms with Gasteiger partial charge in [0, 0.05) is 31.9 Å². The van der Waals surface area contributed by atoms with Crippen molar-refractivity contribution < 1.29 is 18.0 Å². The van der Waals surface area contributed by atoms with Crippen LogP contribution in [-0.4, -0.2) is 39.9 Å². The van der Waals surface area contributed by atoms with Crippen LogP contribution in [0.15, 0.2) is 48.8 Å². The fourth-order valence-electron chi connectivity index (χ4n) is 4.16. The minimum atomic E-state index is -4.44. The van der Waals surface area contributed by atoms with Crippen molar-refractivity contribution in [3.05, 3.63) is 54.4 Å². The average Bonchev–Trinajstić information content (AvgIpc) is 3.34. The Bertz CT molecular complexity index is 1160. The number of hydrogen-bond donors (Lipinski definition) is 1. The van der Waals surface area contributed by atoms with Crippen molar-refractivity contribution in [2.45, 2.75) is 18.6 Å². The van der Waals surface area contributed by atoms with Crippen molar-refractivity contribution >= 4 is 23.2 Å². The van der Waals surface area contributed by atoms with Gasteiger partial charge >= 0.3 is 12.2 Å². The van der Waals surface area contributed by atoms with Crippen molar-refractivity contribution in [2.24, 2.45) is 7.05 Å². The van der Waals surface area contributed by atoms with Gasteiger partial charge in [0.15, 0.2) is 5.82 Å². The molecule has 31 heavy (non-hydrogen) atoms. The molecule has 10 heteroatoms. The largest absolute Gasteiger partial charge is 0.416 e. The number of nitrogens with zero attached hydrogens (tertiary/aromatic N) is 5. The number of fused-ring (bicyclic) bond motifs is 4. The number of alkyl halides is 3. The summed E-state index contributed by atoms with van der Waals surface area (Å²) in [6.07, 6.45) is -0.410. The highest BCUT2D eigenvalue weighted by Gasteiger charge is 2.40. The smallest absolute Gasteiger partial charge is 0.366 e. The van der Waals surface area contributed by atoms with Gasteiger partial charge in [-0.1, -0.05) is 12.1 Å². The Labute approximate surface area is 176 Å². The number of benzene rings is 1. The van der Waals surface area contributed by atoms with Crippen molar-refractivity contribution in [3.8, 4) is 11.3 Å². The summed E-state index contributed by atoms with van der Waals surface area (Å²) in [6.45, 7) is 1.48. The number of nitrogens with one attached hydrogen (secondary N) is 1. The van der Waals surface area contributed by atoms with Gasteiger partial charge in [0.2, 0.25) is 0 Å². The van der Waals surface area contributed by atoms with E-state index in [-0.39, 0.29) is 12.1 Å². The summed E-state index contributed by atoms with van der Waals surface area (Å²) in [5.74, 6) is 0.449. The molecule has 1 N–H and O–H groups in total. The Morgan fingerprint density at radius 1 is 1.23 bits per heavy atom. The van der Waals surface area contributed by atoms with Crippen LogP contribution in [0.2, 0.25) is 0 Å². The molecule has 5 rings (SSSR count). The minimum Gasteiger partial charge on any atom is -0.366 e. The molecule has 0 aliphatic carbocycles. The van der Waals surface area contributed by atoms with Gasteiger partial charge in [0.25, 0.3) is 0 Å². The third-order valence-electron chi connectivity index (χ3n) is 5.61. The zero-order valence-corrected chi connectivity index (χ0v) is 16.6. The maximum absolute atomic E-state index is 13.1. The number of halogens is 3. The fourth-order valence-corrected chi connectivity index (χ4v) is 4.16. The first-order valence-electron chi connectivity index (χ1n) is 9.82. The Hall–Kier alpha value is -3.56. The molecule has 1 saturated heterocycles. The van der Waals surface area contributed by atoms with Gasteiger partial charge in [0.1, 0.15) is 0 Å². The molecule has 2 aliphatic heterocycles. The number of carbonyl (C=O) groups is 1. The molecule has 1 aromatic carbocycles. The molecule has 2 amide bonds. The first-order chi connectivity index (χ1) is 14.8. The molecular weight excluding hydrogens is 409 g/mol. The van der Waals surface area contributed by atoms with Crippen LogP contribution >= 0.6 is 0 Å². The van der Waals surface area contributed by atoms with Crippen LogP contribution < -0.4 is 15.1 Å². The molecule has 2 aliphatic rings. The van der Waals surface area contributed by atoms with Crippen LogP contribution in [0.25, 0.3) is 11.3 Å². The number of anilines is 3. The fraction of sp³-hybridized carbons (Fsp3) is 0.286. The summed E-state index contributed by atoms with van der Waals surface area (Å²) in [4.78, 5) is 21.5. The zero-order chi connectivity index (χ0) is 21.8. The van der Waals surface area contributed by atoms with Crippen LogP contribution in [0.1, 0.15) is 12.0 Å². The van der Waals surface area contributed by atoms with E-state index in [1.165, 1.54) is 6.07 Å². The second-order valence-corrected chi connectivity index (χ2v) is 7.71. The molecule has 2 bridgehead atoms. The SMILES string of the molecule is Cn1cc(NC(=O)N2c3nc(-c4cccc(C(F)(F)F)c4)ccc3N3CC[C@H]2C3)cn1. The molecule has 4 heterocycles. The van der Waals surface area contributed by atoms with Gasteiger partial charge in [-0.25, -0.2) is 9.78 Å². The van der Waals surface area contributed by atoms with Gasteiger partial charge in [-0.3, -0.25) is 9.58 Å². The van der Waals surface area contributed by atoms with Gasteiger partial charge in [-0.05, 0) is 30.7 Å². The molecule has 160 valence electrons. The molecule has 1 fully saturated rings. The van der Waals surface area contributed by atoms with Crippen LogP contribution in [-0.2, 0) is 13.2 Å². The highest BCUT2D eigenvalue weighted by Crippen LogP contribution is 2.41. The van der Waals surface area contributed by atoms with E-state index in [2.05, 4.69) is 20.3 Å². The standard InChI is InChI=1S/C21H19F3N6O/c1-28-11-15(10-25-28)26-20(31)30-16-7-8-29(12-16)18-6-5-17(27-19(18)30)13-3-2-4-14(9-13)21(22,23)24/h2-6,9-11,16H,7-8,12H2,1H3,(H,26,31)/t16-/m0/s1. The first-order valence-corrected chi connectivity index (χ1v) is 9.82. The molecule has 2 aromatic heterocycles. The molecule has 0 spiro atoms. The number of amides is 2. The highest BCUT2D eigenvalue weighted by atomic mass is 19.4. The number of aryl methyl sites for hydroxylation is 1. The normalized spacial score (nSPS) is 17.6. The van der Waals surface area contributed by atoms with Gasteiger partial charge in [0.05, 0.1) is 34.9 Å². The highest BCUT2D eigenvalue weighted by molar-refractivity contribution is 6.04. The van der Waals surface area contributed by atoms with E-state index < -0.39 is 11.7 Å². The van der Waals surface area contributed by atoms with E-state index in [4.69, 9.17) is 0 Å². The summed E-state index contributed by atoms with van der Waals surface area (Å²) in [5, 5.41) is 6.90. The lowest BCUT2D eigenvalue weighted by molar-refractivity contribution is -0.137. The molecule has 7 nitrogen and oxygen atoms in total. The van der Waals surface area contributed by atoms with Gasteiger partial charge < -0.3 is 10.2 Å². The van der Waals surface area contributed by atoms with E-state index in [9.17, 15) is 18.0 Å². The Kier molecular flexibility index (Phi) is 4.38. The van der Waals surface area contributed by atoms with Crippen molar-refractivity contribution in [1.29, 1.82) is 0 Å². The zero-order valence-electron chi connectivity index (χ0n) is 16.6. The summed E-state index contributed by atoms with van der Waals surface area (Å²) < 4.78 is 41.0. The number of hydrogen-bond acceptors (Lipinski definition) is 4. The van der Waals surface area contributed by atoms with Gasteiger partial charge in [-0.15, -0.1) is 0 Å². The molecular formula is C21H19F3N6O. The molecule has 0 saturated carbocycles. The van der Waals surface area contributed by atoms with Crippen molar-refractivity contribution in [1.82, 2.24) is 14.8 Å². The van der Waals surface area contributed by atoms with Crippen LogP contribution in [0.4, 0.5) is 35.2 Å². The van der Waals surface area contributed by atoms with Crippen molar-refractivity contribution in [2.75, 3.05) is 28.2 Å². The van der Waals surface area contributed by atoms with E-state index in [1.807, 2.05) is 6.07 Å². The lowest BCUT2D eigenvalue weighted by Gasteiger charge is -2.35. The Morgan fingerprint density at radius 2 is 2.06 bits per heavy atom. The first kappa shape index (κ1) is 19.4. The van der Waals surface area contributed by atoms with Crippen LogP contribution in [0.5, 0.6) is 0 Å². The number of pyridine rings is 1. The van der Waals surface area contributed by atoms with Gasteiger partial charge in [-0.2, -0.15) is 18.3 Å². The summed E-state index contributed by atoms with van der Waals surface area (Å²) in [7, 11) is 1.75. The third kappa shape index (κ3) is 3.47. The maximum Gasteiger partial charge on any atom is 0.416 e.